The predicted molar refractivity (Wildman–Crippen MR) is 68.2 cm³/mol. The maximum Gasteiger partial charge on any atom is 0.192 e. The molecule has 0 saturated carbocycles. The molecule has 1 rings (SSSR count). The third kappa shape index (κ3) is 3.33. The minimum Gasteiger partial charge on any atom is -0.414 e. The van der Waals surface area contributed by atoms with Crippen LogP contribution in [0.4, 0.5) is 0 Å². The summed E-state index contributed by atoms with van der Waals surface area (Å²) in [5, 5.41) is 9.87. The molecule has 2 radical (unpaired) electrons. The van der Waals surface area contributed by atoms with Crippen molar-refractivity contribution < 1.29 is 14.3 Å². The van der Waals surface area contributed by atoms with Gasteiger partial charge in [0.25, 0.3) is 0 Å². The van der Waals surface area contributed by atoms with Gasteiger partial charge in [-0.2, -0.15) is 0 Å². The summed E-state index contributed by atoms with van der Waals surface area (Å²) in [6.45, 7) is 11.4. The third-order valence-electron chi connectivity index (χ3n) is 3.67. The number of aliphatic hydroxyl groups excluding tert-OH is 1. The zero-order chi connectivity index (χ0) is 12.6. The standard InChI is InChI=1S/C11H23BO3Si/c1-11(2,3)16(4,5)14-7-9-8(13)6-10(12)15-9/h8-10,13H,6-7H2,1-5H3/t8?,9-,10-/m1/s1. The van der Waals surface area contributed by atoms with Crippen LogP contribution >= 0.6 is 0 Å². The van der Waals surface area contributed by atoms with Gasteiger partial charge in [-0.3, -0.25) is 0 Å². The number of hydrogen-bond acceptors (Lipinski definition) is 3. The summed E-state index contributed by atoms with van der Waals surface area (Å²) in [6, 6.07) is -0.344. The maximum absolute atomic E-state index is 9.69. The zero-order valence-corrected chi connectivity index (χ0v) is 12.0. The van der Waals surface area contributed by atoms with Crippen LogP contribution in [-0.4, -0.2) is 46.1 Å². The molecule has 0 amide bonds. The highest BCUT2D eigenvalue weighted by atomic mass is 28.4. The molecule has 0 aromatic heterocycles. The number of rotatable bonds is 3. The molecule has 3 atom stereocenters. The van der Waals surface area contributed by atoms with E-state index in [1.54, 1.807) is 0 Å². The van der Waals surface area contributed by atoms with Crippen molar-refractivity contribution in [1.29, 1.82) is 0 Å². The van der Waals surface area contributed by atoms with Gasteiger partial charge in [0.05, 0.1) is 12.7 Å². The SMILES string of the molecule is [B][C@H]1CC(O)[C@@H](CO[Si](C)(C)C(C)(C)C)O1. The second-order valence-electron chi connectivity index (χ2n) is 6.09. The van der Waals surface area contributed by atoms with E-state index in [1.807, 2.05) is 0 Å². The molecular weight excluding hydrogens is 219 g/mol. The average molecular weight is 242 g/mol. The van der Waals surface area contributed by atoms with Crippen molar-refractivity contribution in [2.24, 2.45) is 0 Å². The lowest BCUT2D eigenvalue weighted by Crippen LogP contribution is -2.43. The van der Waals surface area contributed by atoms with Crippen LogP contribution in [0.1, 0.15) is 27.2 Å². The Bertz CT molecular complexity index is 240. The molecule has 1 aliphatic heterocycles. The normalized spacial score (nSPS) is 32.0. The molecule has 16 heavy (non-hydrogen) atoms. The Labute approximate surface area is 101 Å². The molecule has 0 aromatic carbocycles. The molecule has 1 heterocycles. The van der Waals surface area contributed by atoms with Crippen LogP contribution < -0.4 is 0 Å². The first-order valence-electron chi connectivity index (χ1n) is 5.86. The molecule has 1 fully saturated rings. The summed E-state index contributed by atoms with van der Waals surface area (Å²) < 4.78 is 11.4. The molecule has 0 bridgehead atoms. The fraction of sp³-hybridized carbons (Fsp3) is 1.00. The van der Waals surface area contributed by atoms with Gasteiger partial charge in [-0.1, -0.05) is 20.8 Å². The minimum atomic E-state index is -1.76. The highest BCUT2D eigenvalue weighted by Crippen LogP contribution is 2.37. The molecule has 1 saturated heterocycles. The summed E-state index contributed by atoms with van der Waals surface area (Å²) in [6.07, 6.45) is -0.241. The molecule has 5 heteroatoms. The Morgan fingerprint density at radius 3 is 2.38 bits per heavy atom. The Morgan fingerprint density at radius 1 is 1.44 bits per heavy atom. The minimum absolute atomic E-state index is 0.179. The third-order valence-corrected chi connectivity index (χ3v) is 8.17. The van der Waals surface area contributed by atoms with E-state index in [9.17, 15) is 5.11 Å². The van der Waals surface area contributed by atoms with Crippen molar-refractivity contribution >= 4 is 16.2 Å². The first kappa shape index (κ1) is 14.2. The smallest absolute Gasteiger partial charge is 0.192 e. The van der Waals surface area contributed by atoms with E-state index in [0.717, 1.165) is 0 Å². The topological polar surface area (TPSA) is 38.7 Å². The summed E-state index contributed by atoms with van der Waals surface area (Å²) in [5.41, 5.74) is 0. The Balaban J connectivity index is 2.46. The highest BCUT2D eigenvalue weighted by molar-refractivity contribution is 6.74. The van der Waals surface area contributed by atoms with E-state index in [4.69, 9.17) is 17.0 Å². The van der Waals surface area contributed by atoms with E-state index >= 15 is 0 Å². The van der Waals surface area contributed by atoms with Crippen LogP contribution in [0, 0.1) is 0 Å². The lowest BCUT2D eigenvalue weighted by atomic mass is 9.96. The summed E-state index contributed by atoms with van der Waals surface area (Å²) in [7, 11) is 3.86. The quantitative estimate of drug-likeness (QED) is 0.765. The van der Waals surface area contributed by atoms with Crippen molar-refractivity contribution in [2.45, 2.75) is 63.5 Å². The van der Waals surface area contributed by atoms with E-state index in [1.165, 1.54) is 0 Å². The van der Waals surface area contributed by atoms with E-state index in [-0.39, 0.29) is 17.1 Å². The van der Waals surface area contributed by atoms with Gasteiger partial charge in [-0.15, -0.1) is 0 Å². The molecule has 1 aliphatic rings. The number of hydrogen-bond donors (Lipinski definition) is 1. The van der Waals surface area contributed by atoms with Crippen molar-refractivity contribution in [3.8, 4) is 0 Å². The van der Waals surface area contributed by atoms with E-state index < -0.39 is 14.4 Å². The summed E-state index contributed by atoms with van der Waals surface area (Å²) in [4.78, 5) is 0. The molecule has 0 aliphatic carbocycles. The molecule has 0 spiro atoms. The first-order chi connectivity index (χ1) is 7.13. The van der Waals surface area contributed by atoms with E-state index in [0.29, 0.717) is 13.0 Å². The van der Waals surface area contributed by atoms with Crippen molar-refractivity contribution in [1.82, 2.24) is 0 Å². The lowest BCUT2D eigenvalue weighted by molar-refractivity contribution is -0.000757. The van der Waals surface area contributed by atoms with Gasteiger partial charge in [0.2, 0.25) is 0 Å². The Hall–Kier alpha value is 0.162. The number of aliphatic hydroxyl groups is 1. The predicted octanol–water partition coefficient (Wildman–Crippen LogP) is 1.65. The molecule has 3 nitrogen and oxygen atoms in total. The van der Waals surface area contributed by atoms with Crippen LogP contribution in [0.2, 0.25) is 18.1 Å². The molecule has 92 valence electrons. The number of ether oxygens (including phenoxy) is 1. The zero-order valence-electron chi connectivity index (χ0n) is 11.0. The lowest BCUT2D eigenvalue weighted by Gasteiger charge is -2.37. The summed E-state index contributed by atoms with van der Waals surface area (Å²) in [5.74, 6) is 0. The van der Waals surface area contributed by atoms with Crippen LogP contribution in [-0.2, 0) is 9.16 Å². The van der Waals surface area contributed by atoms with Gasteiger partial charge >= 0.3 is 0 Å². The van der Waals surface area contributed by atoms with Crippen LogP contribution in [0.25, 0.3) is 0 Å². The summed E-state index contributed by atoms with van der Waals surface area (Å²) >= 11 is 0. The molecule has 0 aromatic rings. The van der Waals surface area contributed by atoms with Crippen LogP contribution in [0.15, 0.2) is 0 Å². The van der Waals surface area contributed by atoms with Gasteiger partial charge < -0.3 is 14.3 Å². The van der Waals surface area contributed by atoms with Crippen LogP contribution in [0.3, 0.4) is 0 Å². The Morgan fingerprint density at radius 2 is 2.00 bits per heavy atom. The van der Waals surface area contributed by atoms with Gasteiger partial charge in [0.15, 0.2) is 8.32 Å². The average Bonchev–Trinajstić information content (AvgIpc) is 2.39. The van der Waals surface area contributed by atoms with Gasteiger partial charge in [-0.25, -0.2) is 0 Å². The fourth-order valence-corrected chi connectivity index (χ4v) is 2.43. The maximum atomic E-state index is 9.69. The largest absolute Gasteiger partial charge is 0.414 e. The van der Waals surface area contributed by atoms with Crippen molar-refractivity contribution in [3.63, 3.8) is 0 Å². The van der Waals surface area contributed by atoms with Crippen molar-refractivity contribution in [2.75, 3.05) is 6.61 Å². The van der Waals surface area contributed by atoms with Crippen molar-refractivity contribution in [3.05, 3.63) is 0 Å². The molecule has 1 unspecified atom stereocenters. The Kier molecular flexibility index (Phi) is 4.27. The van der Waals surface area contributed by atoms with Crippen LogP contribution in [0.5, 0.6) is 0 Å². The second kappa shape index (κ2) is 4.80. The monoisotopic (exact) mass is 242 g/mol. The molecule has 1 N–H and O–H groups in total. The first-order valence-corrected chi connectivity index (χ1v) is 8.77. The van der Waals surface area contributed by atoms with Gasteiger partial charge in [-0.05, 0) is 24.6 Å². The molecular formula is C11H23BO3Si. The van der Waals surface area contributed by atoms with E-state index in [2.05, 4.69) is 33.9 Å². The second-order valence-corrected chi connectivity index (χ2v) is 10.9. The van der Waals surface area contributed by atoms with Gasteiger partial charge in [0.1, 0.15) is 14.0 Å². The van der Waals surface area contributed by atoms with Gasteiger partial charge in [0, 0.05) is 6.00 Å². The highest BCUT2D eigenvalue weighted by Gasteiger charge is 2.39. The fourth-order valence-electron chi connectivity index (χ4n) is 1.42.